The average Bonchev–Trinajstić information content (AvgIpc) is 2.15. The third-order valence-corrected chi connectivity index (χ3v) is 2.58. The molecule has 0 heterocycles. The molecule has 0 N–H and O–H groups in total. The summed E-state index contributed by atoms with van der Waals surface area (Å²) in [4.78, 5) is 10.6. The first-order chi connectivity index (χ1) is 6.17. The zero-order valence-electron chi connectivity index (χ0n) is 9.25. The molecule has 2 heteroatoms. The molecule has 0 aliphatic heterocycles. The number of methoxy groups -OCH3 is 1. The van der Waals surface area contributed by atoms with Gasteiger partial charge in [0.2, 0.25) is 0 Å². The van der Waals surface area contributed by atoms with Crippen LogP contribution in [-0.2, 0) is 9.53 Å². The Bertz CT molecular complexity index is 134. The van der Waals surface area contributed by atoms with Gasteiger partial charge in [0, 0.05) is 13.0 Å². The van der Waals surface area contributed by atoms with E-state index in [1.165, 1.54) is 12.8 Å². The van der Waals surface area contributed by atoms with Gasteiger partial charge in [-0.05, 0) is 12.3 Å². The van der Waals surface area contributed by atoms with E-state index >= 15 is 0 Å². The summed E-state index contributed by atoms with van der Waals surface area (Å²) in [7, 11) is 1.69. The van der Waals surface area contributed by atoms with Gasteiger partial charge in [0.1, 0.15) is 6.29 Å². The molecule has 0 aliphatic carbocycles. The Morgan fingerprint density at radius 2 is 2.00 bits per heavy atom. The Morgan fingerprint density at radius 3 is 2.38 bits per heavy atom. The van der Waals surface area contributed by atoms with E-state index in [0.717, 1.165) is 12.7 Å². The second kappa shape index (κ2) is 7.07. The third-order valence-electron chi connectivity index (χ3n) is 2.58. The van der Waals surface area contributed by atoms with Gasteiger partial charge in [0.05, 0.1) is 6.10 Å². The lowest BCUT2D eigenvalue weighted by molar-refractivity contribution is -0.116. The maximum Gasteiger partial charge on any atom is 0.125 e. The fourth-order valence-electron chi connectivity index (χ4n) is 1.73. The van der Waals surface area contributed by atoms with Crippen molar-refractivity contribution < 1.29 is 9.53 Å². The van der Waals surface area contributed by atoms with Crippen LogP contribution >= 0.6 is 0 Å². The fourth-order valence-corrected chi connectivity index (χ4v) is 1.73. The second-order valence-corrected chi connectivity index (χ2v) is 3.82. The molecule has 0 radical (unpaired) electrons. The van der Waals surface area contributed by atoms with Crippen molar-refractivity contribution in [1.82, 2.24) is 0 Å². The summed E-state index contributed by atoms with van der Waals surface area (Å²) in [6.45, 7) is 6.26. The van der Waals surface area contributed by atoms with E-state index in [1.807, 2.05) is 6.92 Å². The summed E-state index contributed by atoms with van der Waals surface area (Å²) in [5, 5.41) is 0. The maximum absolute atomic E-state index is 10.6. The molecule has 78 valence electrons. The van der Waals surface area contributed by atoms with Crippen LogP contribution in [0.5, 0.6) is 0 Å². The van der Waals surface area contributed by atoms with Gasteiger partial charge in [-0.2, -0.15) is 0 Å². The predicted octanol–water partition coefficient (Wildman–Crippen LogP) is 2.66. The number of hydrogen-bond donors (Lipinski definition) is 0. The largest absolute Gasteiger partial charge is 0.380 e. The molecule has 0 rings (SSSR count). The van der Waals surface area contributed by atoms with Gasteiger partial charge in [-0.1, -0.05) is 33.6 Å². The van der Waals surface area contributed by atoms with Crippen LogP contribution in [0.2, 0.25) is 0 Å². The molecule has 0 aromatic rings. The zero-order chi connectivity index (χ0) is 10.3. The average molecular weight is 186 g/mol. The topological polar surface area (TPSA) is 26.3 Å². The van der Waals surface area contributed by atoms with E-state index in [2.05, 4.69) is 13.8 Å². The van der Waals surface area contributed by atoms with E-state index in [-0.39, 0.29) is 12.0 Å². The lowest BCUT2D eigenvalue weighted by Crippen LogP contribution is -2.28. The minimum absolute atomic E-state index is 0.0110. The highest BCUT2D eigenvalue weighted by Gasteiger charge is 2.22. The molecule has 0 bridgehead atoms. The summed E-state index contributed by atoms with van der Waals surface area (Å²) in [6.07, 6.45) is 4.64. The van der Waals surface area contributed by atoms with E-state index in [4.69, 9.17) is 4.74 Å². The molecule has 0 amide bonds. The minimum atomic E-state index is 0.0110. The van der Waals surface area contributed by atoms with Gasteiger partial charge in [0.25, 0.3) is 0 Å². The van der Waals surface area contributed by atoms with Gasteiger partial charge in [0.15, 0.2) is 0 Å². The first-order valence-corrected chi connectivity index (χ1v) is 5.15. The minimum Gasteiger partial charge on any atom is -0.380 e. The van der Waals surface area contributed by atoms with Crippen LogP contribution in [0.1, 0.15) is 40.0 Å². The maximum atomic E-state index is 10.6. The summed E-state index contributed by atoms with van der Waals surface area (Å²) >= 11 is 0. The number of ether oxygens (including phenoxy) is 1. The molecule has 0 aliphatic rings. The van der Waals surface area contributed by atoms with Gasteiger partial charge >= 0.3 is 0 Å². The van der Waals surface area contributed by atoms with Crippen molar-refractivity contribution in [1.29, 1.82) is 0 Å². The SMILES string of the molecule is CCCCC(C)C(OC)C(C)C=O. The highest BCUT2D eigenvalue weighted by atomic mass is 16.5. The third kappa shape index (κ3) is 4.41. The number of unbranched alkanes of at least 4 members (excludes halogenated alkanes) is 1. The van der Waals surface area contributed by atoms with Crippen molar-refractivity contribution in [2.24, 2.45) is 11.8 Å². The van der Waals surface area contributed by atoms with Crippen molar-refractivity contribution in [3.63, 3.8) is 0 Å². The first kappa shape index (κ1) is 12.6. The highest BCUT2D eigenvalue weighted by molar-refractivity contribution is 5.53. The molecule has 0 aromatic heterocycles. The predicted molar refractivity (Wildman–Crippen MR) is 54.7 cm³/mol. The van der Waals surface area contributed by atoms with Gasteiger partial charge in [-0.3, -0.25) is 0 Å². The van der Waals surface area contributed by atoms with Crippen LogP contribution in [0.15, 0.2) is 0 Å². The van der Waals surface area contributed by atoms with Crippen LogP contribution in [-0.4, -0.2) is 19.5 Å². The van der Waals surface area contributed by atoms with Gasteiger partial charge in [-0.25, -0.2) is 0 Å². The normalized spacial score (nSPS) is 17.8. The molecule has 13 heavy (non-hydrogen) atoms. The van der Waals surface area contributed by atoms with Crippen molar-refractivity contribution in [2.75, 3.05) is 7.11 Å². The van der Waals surface area contributed by atoms with Crippen molar-refractivity contribution >= 4 is 6.29 Å². The molecule has 0 fully saturated rings. The van der Waals surface area contributed by atoms with Crippen LogP contribution in [0.25, 0.3) is 0 Å². The Kier molecular flexibility index (Phi) is 6.87. The summed E-state index contributed by atoms with van der Waals surface area (Å²) < 4.78 is 5.33. The standard InChI is InChI=1S/C11H22O2/c1-5-6-7-9(2)11(13-4)10(3)8-12/h8-11H,5-7H2,1-4H3. The number of carbonyl (C=O) groups excluding carboxylic acids is 1. The molecule has 0 saturated heterocycles. The van der Waals surface area contributed by atoms with Crippen molar-refractivity contribution in [2.45, 2.75) is 46.1 Å². The molecule has 0 aromatic carbocycles. The van der Waals surface area contributed by atoms with Crippen LogP contribution in [0, 0.1) is 11.8 Å². The van der Waals surface area contributed by atoms with E-state index < -0.39 is 0 Å². The van der Waals surface area contributed by atoms with Gasteiger partial charge in [-0.15, -0.1) is 0 Å². The molecule has 2 nitrogen and oxygen atoms in total. The summed E-state index contributed by atoms with van der Waals surface area (Å²) in [5.41, 5.74) is 0. The van der Waals surface area contributed by atoms with E-state index in [0.29, 0.717) is 5.92 Å². The summed E-state index contributed by atoms with van der Waals surface area (Å²) in [6, 6.07) is 0. The van der Waals surface area contributed by atoms with Crippen LogP contribution in [0.4, 0.5) is 0 Å². The van der Waals surface area contributed by atoms with Crippen molar-refractivity contribution in [3.05, 3.63) is 0 Å². The molecule has 0 spiro atoms. The molecular weight excluding hydrogens is 164 g/mol. The number of aldehydes is 1. The van der Waals surface area contributed by atoms with Gasteiger partial charge < -0.3 is 9.53 Å². The lowest BCUT2D eigenvalue weighted by Gasteiger charge is -2.25. The van der Waals surface area contributed by atoms with E-state index in [1.54, 1.807) is 7.11 Å². The molecular formula is C11H22O2. The van der Waals surface area contributed by atoms with Crippen LogP contribution < -0.4 is 0 Å². The van der Waals surface area contributed by atoms with Crippen molar-refractivity contribution in [3.8, 4) is 0 Å². The van der Waals surface area contributed by atoms with E-state index in [9.17, 15) is 4.79 Å². The molecule has 0 saturated carbocycles. The number of carbonyl (C=O) groups is 1. The summed E-state index contributed by atoms with van der Waals surface area (Å²) in [5.74, 6) is 0.488. The lowest BCUT2D eigenvalue weighted by atomic mass is 9.90. The van der Waals surface area contributed by atoms with Crippen LogP contribution in [0.3, 0.4) is 0 Å². The second-order valence-electron chi connectivity index (χ2n) is 3.82. The first-order valence-electron chi connectivity index (χ1n) is 5.15. The molecule has 3 atom stereocenters. The monoisotopic (exact) mass is 186 g/mol. The number of rotatable bonds is 7. The Morgan fingerprint density at radius 1 is 1.38 bits per heavy atom. The number of hydrogen-bond acceptors (Lipinski definition) is 2. The Hall–Kier alpha value is -0.370. The zero-order valence-corrected chi connectivity index (χ0v) is 9.25. The molecule has 3 unspecified atom stereocenters. The highest BCUT2D eigenvalue weighted by Crippen LogP contribution is 2.20. The quantitative estimate of drug-likeness (QED) is 0.571. The Balaban J connectivity index is 3.97. The smallest absolute Gasteiger partial charge is 0.125 e. The fraction of sp³-hybridized carbons (Fsp3) is 0.909. The Labute approximate surface area is 81.7 Å².